The molecule has 2 aromatic rings. The molecule has 7 heteroatoms. The van der Waals surface area contributed by atoms with Gasteiger partial charge in [0.05, 0.1) is 11.4 Å². The van der Waals surface area contributed by atoms with E-state index in [0.29, 0.717) is 5.92 Å². The zero-order valence-electron chi connectivity index (χ0n) is 12.4. The van der Waals surface area contributed by atoms with Gasteiger partial charge in [-0.25, -0.2) is 13.5 Å². The normalized spacial score (nSPS) is 15.3. The fraction of sp³-hybridized carbons (Fsp3) is 0.312. The van der Waals surface area contributed by atoms with Crippen LogP contribution in [0.4, 0.5) is 14.5 Å². The van der Waals surface area contributed by atoms with Crippen LogP contribution in [0.15, 0.2) is 35.1 Å². The third-order valence-electron chi connectivity index (χ3n) is 3.80. The Balaban J connectivity index is 1.83. The SMILES string of the molecule is CC(C(=O)Nc1cccc(F)c1F)n1nc(C2CC2)ccc1=O. The van der Waals surface area contributed by atoms with Gasteiger partial charge in [-0.05, 0) is 38.0 Å². The second-order valence-electron chi connectivity index (χ2n) is 5.58. The molecule has 1 aliphatic rings. The van der Waals surface area contributed by atoms with E-state index in [1.165, 1.54) is 25.1 Å². The van der Waals surface area contributed by atoms with Gasteiger partial charge in [0.25, 0.3) is 5.56 Å². The molecule has 1 aromatic heterocycles. The fourth-order valence-electron chi connectivity index (χ4n) is 2.26. The van der Waals surface area contributed by atoms with E-state index in [4.69, 9.17) is 0 Å². The molecule has 1 aliphatic carbocycles. The van der Waals surface area contributed by atoms with Crippen molar-refractivity contribution < 1.29 is 13.6 Å². The van der Waals surface area contributed by atoms with Crippen LogP contribution in [-0.4, -0.2) is 15.7 Å². The summed E-state index contributed by atoms with van der Waals surface area (Å²) in [5.41, 5.74) is 0.0752. The minimum atomic E-state index is -1.14. The molecule has 1 N–H and O–H groups in total. The molecular formula is C16H15F2N3O2. The summed E-state index contributed by atoms with van der Waals surface area (Å²) in [7, 11) is 0. The Morgan fingerprint density at radius 2 is 2.04 bits per heavy atom. The molecular weight excluding hydrogens is 304 g/mol. The number of amides is 1. The first-order chi connectivity index (χ1) is 11.0. The number of aromatic nitrogens is 2. The van der Waals surface area contributed by atoms with Crippen LogP contribution in [0.1, 0.15) is 37.4 Å². The molecule has 0 bridgehead atoms. The highest BCUT2D eigenvalue weighted by molar-refractivity contribution is 5.93. The maximum atomic E-state index is 13.6. The van der Waals surface area contributed by atoms with E-state index in [9.17, 15) is 18.4 Å². The van der Waals surface area contributed by atoms with Gasteiger partial charge in [-0.2, -0.15) is 5.10 Å². The summed E-state index contributed by atoms with van der Waals surface area (Å²) in [4.78, 5) is 24.1. The second kappa shape index (κ2) is 5.91. The van der Waals surface area contributed by atoms with E-state index < -0.39 is 29.1 Å². The van der Waals surface area contributed by atoms with E-state index in [1.807, 2.05) is 0 Å². The van der Waals surface area contributed by atoms with Gasteiger partial charge in [0.1, 0.15) is 6.04 Å². The van der Waals surface area contributed by atoms with E-state index in [2.05, 4.69) is 10.4 Å². The highest BCUT2D eigenvalue weighted by Gasteiger charge is 2.27. The predicted octanol–water partition coefficient (Wildman–Crippen LogP) is 2.60. The summed E-state index contributed by atoms with van der Waals surface area (Å²) < 4.78 is 27.9. The average Bonchev–Trinajstić information content (AvgIpc) is 3.36. The zero-order valence-corrected chi connectivity index (χ0v) is 12.4. The highest BCUT2D eigenvalue weighted by atomic mass is 19.2. The topological polar surface area (TPSA) is 64.0 Å². The number of carbonyl (C=O) groups is 1. The van der Waals surface area contributed by atoms with Crippen molar-refractivity contribution in [3.05, 3.63) is 58.0 Å². The lowest BCUT2D eigenvalue weighted by Crippen LogP contribution is -2.33. The molecule has 0 aliphatic heterocycles. The van der Waals surface area contributed by atoms with Gasteiger partial charge in [-0.3, -0.25) is 9.59 Å². The molecule has 1 atom stereocenters. The molecule has 120 valence electrons. The Kier molecular flexibility index (Phi) is 3.94. The van der Waals surface area contributed by atoms with Crippen LogP contribution in [0.2, 0.25) is 0 Å². The number of halogens is 2. The van der Waals surface area contributed by atoms with Crippen LogP contribution >= 0.6 is 0 Å². The van der Waals surface area contributed by atoms with Crippen molar-refractivity contribution in [2.45, 2.75) is 31.7 Å². The van der Waals surface area contributed by atoms with Crippen LogP contribution < -0.4 is 10.9 Å². The minimum Gasteiger partial charge on any atom is -0.322 e. The molecule has 1 aromatic carbocycles. The Bertz CT molecular complexity index is 815. The molecule has 0 radical (unpaired) electrons. The second-order valence-corrected chi connectivity index (χ2v) is 5.58. The third-order valence-corrected chi connectivity index (χ3v) is 3.80. The predicted molar refractivity (Wildman–Crippen MR) is 80.2 cm³/mol. The Morgan fingerprint density at radius 3 is 2.74 bits per heavy atom. The Morgan fingerprint density at radius 1 is 1.30 bits per heavy atom. The van der Waals surface area contributed by atoms with Crippen LogP contribution in [-0.2, 0) is 4.79 Å². The Hall–Kier alpha value is -2.57. The van der Waals surface area contributed by atoms with Crippen LogP contribution in [0.25, 0.3) is 0 Å². The number of nitrogens with zero attached hydrogens (tertiary/aromatic N) is 2. The molecule has 1 amide bonds. The van der Waals surface area contributed by atoms with Gasteiger partial charge in [-0.15, -0.1) is 0 Å². The highest BCUT2D eigenvalue weighted by Crippen LogP contribution is 2.38. The van der Waals surface area contributed by atoms with Gasteiger partial charge >= 0.3 is 0 Å². The first-order valence-corrected chi connectivity index (χ1v) is 7.32. The minimum absolute atomic E-state index is 0.270. The summed E-state index contributed by atoms with van der Waals surface area (Å²) in [6.45, 7) is 1.48. The van der Waals surface area contributed by atoms with Crippen molar-refractivity contribution in [2.24, 2.45) is 0 Å². The summed E-state index contributed by atoms with van der Waals surface area (Å²) in [6, 6.07) is 5.58. The molecule has 1 fully saturated rings. The van der Waals surface area contributed by atoms with Crippen molar-refractivity contribution in [2.75, 3.05) is 5.32 Å². The van der Waals surface area contributed by atoms with Crippen molar-refractivity contribution in [1.82, 2.24) is 9.78 Å². The Labute approximate surface area is 130 Å². The lowest BCUT2D eigenvalue weighted by Gasteiger charge is -2.15. The van der Waals surface area contributed by atoms with Crippen molar-refractivity contribution in [1.29, 1.82) is 0 Å². The van der Waals surface area contributed by atoms with Crippen LogP contribution in [0, 0.1) is 11.6 Å². The molecule has 3 rings (SSSR count). The van der Waals surface area contributed by atoms with Gasteiger partial charge in [0.2, 0.25) is 5.91 Å². The first-order valence-electron chi connectivity index (χ1n) is 7.32. The molecule has 1 heterocycles. The van der Waals surface area contributed by atoms with Crippen LogP contribution in [0.3, 0.4) is 0 Å². The third kappa shape index (κ3) is 3.13. The van der Waals surface area contributed by atoms with Crippen molar-refractivity contribution in [3.8, 4) is 0 Å². The monoisotopic (exact) mass is 319 g/mol. The molecule has 0 spiro atoms. The fourth-order valence-corrected chi connectivity index (χ4v) is 2.26. The lowest BCUT2D eigenvalue weighted by molar-refractivity contribution is -0.119. The van der Waals surface area contributed by atoms with Crippen molar-refractivity contribution >= 4 is 11.6 Å². The standard InChI is InChI=1S/C16H15F2N3O2/c1-9(16(23)19-13-4-2-3-11(17)15(13)18)21-14(22)8-7-12(20-21)10-5-6-10/h2-4,7-10H,5-6H2,1H3,(H,19,23). The molecule has 0 saturated heterocycles. The summed E-state index contributed by atoms with van der Waals surface area (Å²) in [6.07, 6.45) is 2.03. The molecule has 1 unspecified atom stereocenters. The van der Waals surface area contributed by atoms with Gasteiger partial charge in [0, 0.05) is 12.0 Å². The van der Waals surface area contributed by atoms with Gasteiger partial charge in [-0.1, -0.05) is 6.07 Å². The molecule has 23 heavy (non-hydrogen) atoms. The number of hydrogen-bond donors (Lipinski definition) is 1. The van der Waals surface area contributed by atoms with E-state index in [0.717, 1.165) is 29.3 Å². The van der Waals surface area contributed by atoms with E-state index in [1.54, 1.807) is 6.07 Å². The number of benzene rings is 1. The number of anilines is 1. The molecule has 5 nitrogen and oxygen atoms in total. The molecule has 1 saturated carbocycles. The average molecular weight is 319 g/mol. The summed E-state index contributed by atoms with van der Waals surface area (Å²) >= 11 is 0. The van der Waals surface area contributed by atoms with E-state index >= 15 is 0 Å². The largest absolute Gasteiger partial charge is 0.322 e. The number of nitrogens with one attached hydrogen (secondary N) is 1. The summed E-state index contributed by atoms with van der Waals surface area (Å²) in [5, 5.41) is 6.50. The maximum absolute atomic E-state index is 13.6. The number of carbonyl (C=O) groups excluding carboxylic acids is 1. The smallest absolute Gasteiger partial charge is 0.267 e. The van der Waals surface area contributed by atoms with Crippen LogP contribution in [0.5, 0.6) is 0 Å². The number of rotatable bonds is 4. The maximum Gasteiger partial charge on any atom is 0.267 e. The van der Waals surface area contributed by atoms with Crippen molar-refractivity contribution in [3.63, 3.8) is 0 Å². The van der Waals surface area contributed by atoms with Gasteiger partial charge < -0.3 is 5.32 Å². The summed E-state index contributed by atoms with van der Waals surface area (Å²) in [5.74, 6) is -2.50. The quantitative estimate of drug-likeness (QED) is 0.942. The zero-order chi connectivity index (χ0) is 16.6. The lowest BCUT2D eigenvalue weighted by atomic mass is 10.2. The van der Waals surface area contributed by atoms with E-state index in [-0.39, 0.29) is 5.69 Å². The first kappa shape index (κ1) is 15.3. The van der Waals surface area contributed by atoms with Gasteiger partial charge in [0.15, 0.2) is 11.6 Å². The number of hydrogen-bond acceptors (Lipinski definition) is 3.